The third-order valence-corrected chi connectivity index (χ3v) is 4.44. The lowest BCUT2D eigenvalue weighted by molar-refractivity contribution is 0.0725. The molecule has 110 valence electrons. The van der Waals surface area contributed by atoms with Crippen LogP contribution in [0.2, 0.25) is 0 Å². The number of nitrogens with zero attached hydrogens (tertiary/aromatic N) is 1. The highest BCUT2D eigenvalue weighted by molar-refractivity contribution is 6.00. The van der Waals surface area contributed by atoms with Gasteiger partial charge in [-0.1, -0.05) is 57.0 Å². The largest absolute Gasteiger partial charge is 0.300 e. The minimum atomic E-state index is -0.319. The number of Topliss-reactive ketones (excluding diaryl/α,β-unsaturated/α-hetero) is 1. The molecule has 0 aliphatic carbocycles. The molecule has 20 heavy (non-hydrogen) atoms. The number of benzene rings is 1. The van der Waals surface area contributed by atoms with Gasteiger partial charge in [0.1, 0.15) is 0 Å². The third-order valence-electron chi connectivity index (χ3n) is 4.44. The molecule has 1 fully saturated rings. The summed E-state index contributed by atoms with van der Waals surface area (Å²) in [6, 6.07) is 10.3. The Morgan fingerprint density at radius 2 is 1.90 bits per heavy atom. The number of ketones is 1. The van der Waals surface area contributed by atoms with Gasteiger partial charge < -0.3 is 0 Å². The maximum atomic E-state index is 12.7. The lowest BCUT2D eigenvalue weighted by Crippen LogP contribution is -2.43. The van der Waals surface area contributed by atoms with Gasteiger partial charge in [0, 0.05) is 23.6 Å². The topological polar surface area (TPSA) is 20.3 Å². The molecular formula is C18H27NO. The van der Waals surface area contributed by atoms with Crippen LogP contribution in [0, 0.1) is 5.41 Å². The summed E-state index contributed by atoms with van der Waals surface area (Å²) in [6.07, 6.45) is 5.17. The molecule has 1 aromatic carbocycles. The quantitative estimate of drug-likeness (QED) is 0.768. The first-order valence-electron chi connectivity index (χ1n) is 7.84. The number of rotatable bonds is 4. The fraction of sp³-hybridized carbons (Fsp3) is 0.611. The molecule has 1 aromatic rings. The molecule has 0 aromatic heterocycles. The molecule has 2 rings (SSSR count). The molecule has 0 radical (unpaired) electrons. The molecule has 0 saturated carbocycles. The SMILES string of the molecule is CC1CCCCCN1CC(C)(C)C(=O)c1ccccc1. The van der Waals surface area contributed by atoms with E-state index in [1.807, 2.05) is 30.3 Å². The first-order chi connectivity index (χ1) is 9.50. The fourth-order valence-electron chi connectivity index (χ4n) is 3.13. The molecule has 1 unspecified atom stereocenters. The van der Waals surface area contributed by atoms with Gasteiger partial charge in [-0.3, -0.25) is 9.69 Å². The summed E-state index contributed by atoms with van der Waals surface area (Å²) >= 11 is 0. The second-order valence-electron chi connectivity index (χ2n) is 6.75. The number of carbonyl (C=O) groups excluding carboxylic acids is 1. The van der Waals surface area contributed by atoms with Gasteiger partial charge in [-0.15, -0.1) is 0 Å². The molecule has 2 nitrogen and oxygen atoms in total. The highest BCUT2D eigenvalue weighted by Gasteiger charge is 2.32. The van der Waals surface area contributed by atoms with Crippen molar-refractivity contribution in [3.63, 3.8) is 0 Å². The zero-order chi connectivity index (χ0) is 14.6. The second-order valence-corrected chi connectivity index (χ2v) is 6.75. The second kappa shape index (κ2) is 6.53. The Labute approximate surface area is 123 Å². The lowest BCUT2D eigenvalue weighted by atomic mass is 9.83. The summed E-state index contributed by atoms with van der Waals surface area (Å²) in [6.45, 7) is 8.46. The average molecular weight is 273 g/mol. The van der Waals surface area contributed by atoms with Crippen LogP contribution >= 0.6 is 0 Å². The van der Waals surface area contributed by atoms with Crippen molar-refractivity contribution in [1.82, 2.24) is 4.90 Å². The van der Waals surface area contributed by atoms with Crippen molar-refractivity contribution in [3.8, 4) is 0 Å². The molecule has 0 N–H and O–H groups in total. The lowest BCUT2D eigenvalue weighted by Gasteiger charge is -2.34. The highest BCUT2D eigenvalue weighted by atomic mass is 16.1. The van der Waals surface area contributed by atoms with Gasteiger partial charge >= 0.3 is 0 Å². The van der Waals surface area contributed by atoms with Crippen molar-refractivity contribution in [2.75, 3.05) is 13.1 Å². The molecule has 2 heteroatoms. The number of carbonyl (C=O) groups is 1. The van der Waals surface area contributed by atoms with Crippen LogP contribution in [0.1, 0.15) is 56.8 Å². The van der Waals surface area contributed by atoms with E-state index >= 15 is 0 Å². The van der Waals surface area contributed by atoms with E-state index in [-0.39, 0.29) is 11.2 Å². The summed E-state index contributed by atoms with van der Waals surface area (Å²) in [4.78, 5) is 15.2. The summed E-state index contributed by atoms with van der Waals surface area (Å²) in [7, 11) is 0. The Kier molecular flexibility index (Phi) is 4.98. The minimum absolute atomic E-state index is 0.259. The zero-order valence-corrected chi connectivity index (χ0v) is 13.1. The summed E-state index contributed by atoms with van der Waals surface area (Å²) in [5.74, 6) is 0.259. The van der Waals surface area contributed by atoms with E-state index in [0.29, 0.717) is 6.04 Å². The van der Waals surface area contributed by atoms with Gasteiger partial charge in [-0.2, -0.15) is 0 Å². The Morgan fingerprint density at radius 3 is 2.60 bits per heavy atom. The predicted octanol–water partition coefficient (Wildman–Crippen LogP) is 4.16. The van der Waals surface area contributed by atoms with E-state index in [9.17, 15) is 4.79 Å². The molecular weight excluding hydrogens is 246 g/mol. The van der Waals surface area contributed by atoms with Crippen LogP contribution in [0.4, 0.5) is 0 Å². The van der Waals surface area contributed by atoms with Gasteiger partial charge in [0.05, 0.1) is 0 Å². The molecule has 1 aliphatic heterocycles. The van der Waals surface area contributed by atoms with Gasteiger partial charge in [0.25, 0.3) is 0 Å². The monoisotopic (exact) mass is 273 g/mol. The normalized spacial score (nSPS) is 21.4. The number of hydrogen-bond donors (Lipinski definition) is 0. The van der Waals surface area contributed by atoms with Crippen molar-refractivity contribution >= 4 is 5.78 Å². The van der Waals surface area contributed by atoms with Gasteiger partial charge in [-0.25, -0.2) is 0 Å². The molecule has 1 heterocycles. The molecule has 1 atom stereocenters. The van der Waals surface area contributed by atoms with Crippen LogP contribution in [0.3, 0.4) is 0 Å². The first-order valence-corrected chi connectivity index (χ1v) is 7.84. The molecule has 0 spiro atoms. The van der Waals surface area contributed by atoms with Crippen molar-refractivity contribution in [3.05, 3.63) is 35.9 Å². The van der Waals surface area contributed by atoms with Crippen molar-refractivity contribution in [2.45, 2.75) is 52.5 Å². The molecule has 0 amide bonds. The van der Waals surface area contributed by atoms with Crippen molar-refractivity contribution < 1.29 is 4.79 Å². The highest BCUT2D eigenvalue weighted by Crippen LogP contribution is 2.26. The minimum Gasteiger partial charge on any atom is -0.300 e. The van der Waals surface area contributed by atoms with Crippen LogP contribution < -0.4 is 0 Å². The van der Waals surface area contributed by atoms with E-state index in [4.69, 9.17) is 0 Å². The Morgan fingerprint density at radius 1 is 1.20 bits per heavy atom. The van der Waals surface area contributed by atoms with Crippen LogP contribution in [0.25, 0.3) is 0 Å². The number of hydrogen-bond acceptors (Lipinski definition) is 2. The third kappa shape index (κ3) is 3.69. The van der Waals surface area contributed by atoms with Crippen LogP contribution in [0.5, 0.6) is 0 Å². The van der Waals surface area contributed by atoms with Gasteiger partial charge in [-0.05, 0) is 26.3 Å². The summed E-state index contributed by atoms with van der Waals surface area (Å²) in [5.41, 5.74) is 0.514. The van der Waals surface area contributed by atoms with Crippen molar-refractivity contribution in [2.24, 2.45) is 5.41 Å². The van der Waals surface area contributed by atoms with Crippen LogP contribution in [0.15, 0.2) is 30.3 Å². The van der Waals surface area contributed by atoms with E-state index in [2.05, 4.69) is 25.7 Å². The van der Waals surface area contributed by atoms with Gasteiger partial charge in [0.15, 0.2) is 5.78 Å². The Balaban J connectivity index is 2.07. The number of likely N-dealkylation sites (tertiary alicyclic amines) is 1. The van der Waals surface area contributed by atoms with Crippen LogP contribution in [-0.2, 0) is 0 Å². The smallest absolute Gasteiger partial charge is 0.169 e. The van der Waals surface area contributed by atoms with Crippen LogP contribution in [-0.4, -0.2) is 29.8 Å². The predicted molar refractivity (Wildman–Crippen MR) is 84.1 cm³/mol. The van der Waals surface area contributed by atoms with Crippen molar-refractivity contribution in [1.29, 1.82) is 0 Å². The van der Waals surface area contributed by atoms with E-state index in [1.165, 1.54) is 25.7 Å². The first kappa shape index (κ1) is 15.2. The molecule has 1 aliphatic rings. The standard InChI is InChI=1S/C18H27NO/c1-15-10-6-5-9-13-19(15)14-18(2,3)17(20)16-11-7-4-8-12-16/h4,7-8,11-12,15H,5-6,9-10,13-14H2,1-3H3. The molecule has 0 bridgehead atoms. The zero-order valence-electron chi connectivity index (χ0n) is 13.1. The average Bonchev–Trinajstić information content (AvgIpc) is 2.64. The van der Waals surface area contributed by atoms with E-state index < -0.39 is 0 Å². The summed E-state index contributed by atoms with van der Waals surface area (Å²) in [5, 5.41) is 0. The van der Waals surface area contributed by atoms with Gasteiger partial charge in [0.2, 0.25) is 0 Å². The van der Waals surface area contributed by atoms with E-state index in [1.54, 1.807) is 0 Å². The summed E-state index contributed by atoms with van der Waals surface area (Å²) < 4.78 is 0. The fourth-order valence-corrected chi connectivity index (χ4v) is 3.13. The van der Waals surface area contributed by atoms with E-state index in [0.717, 1.165) is 18.7 Å². The maximum Gasteiger partial charge on any atom is 0.169 e. The molecule has 1 saturated heterocycles. The maximum absolute atomic E-state index is 12.7. The Hall–Kier alpha value is -1.15. The Bertz CT molecular complexity index is 438.